The molecule has 62 heavy (non-hydrogen) atoms. The van der Waals surface area contributed by atoms with Gasteiger partial charge in [-0.3, -0.25) is 0 Å². The highest BCUT2D eigenvalue weighted by molar-refractivity contribution is 6.26. The van der Waals surface area contributed by atoms with Gasteiger partial charge in [0, 0.05) is 43.8 Å². The number of rotatable bonds is 5. The van der Waals surface area contributed by atoms with Crippen LogP contribution in [-0.4, -0.2) is 19.5 Å². The Morgan fingerprint density at radius 3 is 1.35 bits per heavy atom. The molecule has 0 aliphatic rings. The average Bonchev–Trinajstić information content (AvgIpc) is 3.89. The Morgan fingerprint density at radius 1 is 0.290 bits per heavy atom. The second-order valence-corrected chi connectivity index (χ2v) is 15.9. The Balaban J connectivity index is 1.02. The van der Waals surface area contributed by atoms with Crippen LogP contribution in [0.25, 0.3) is 127 Å². The maximum atomic E-state index is 6.28. The number of para-hydroxylation sites is 3. The van der Waals surface area contributed by atoms with E-state index in [2.05, 4.69) is 156 Å². The summed E-state index contributed by atoms with van der Waals surface area (Å²) in [7, 11) is 0. The molecule has 0 bridgehead atoms. The summed E-state index contributed by atoms with van der Waals surface area (Å²) in [6.07, 6.45) is 0. The van der Waals surface area contributed by atoms with E-state index in [1.807, 2.05) is 54.6 Å². The smallest absolute Gasteiger partial charge is 0.164 e. The van der Waals surface area contributed by atoms with Crippen LogP contribution in [0.4, 0.5) is 0 Å². The molecular weight excluding hydrogens is 757 g/mol. The van der Waals surface area contributed by atoms with Crippen molar-refractivity contribution in [2.24, 2.45) is 0 Å². The maximum Gasteiger partial charge on any atom is 0.164 e. The topological polar surface area (TPSA) is 56.7 Å². The normalized spacial score (nSPS) is 11.9. The summed E-state index contributed by atoms with van der Waals surface area (Å²) >= 11 is 0. The first-order valence-electron chi connectivity index (χ1n) is 20.9. The average molecular weight is 791 g/mol. The van der Waals surface area contributed by atoms with Crippen LogP contribution in [0.3, 0.4) is 0 Å². The number of aromatic nitrogens is 4. The minimum Gasteiger partial charge on any atom is -0.456 e. The van der Waals surface area contributed by atoms with Crippen molar-refractivity contribution < 1.29 is 4.42 Å². The van der Waals surface area contributed by atoms with Crippen molar-refractivity contribution in [2.75, 3.05) is 0 Å². The molecule has 288 valence electrons. The summed E-state index contributed by atoms with van der Waals surface area (Å²) in [6, 6.07) is 73.0. The van der Waals surface area contributed by atoms with Crippen molar-refractivity contribution in [3.63, 3.8) is 0 Å². The number of hydrogen-bond acceptors (Lipinski definition) is 4. The lowest BCUT2D eigenvalue weighted by Gasteiger charge is -2.18. The van der Waals surface area contributed by atoms with Crippen LogP contribution in [0.1, 0.15) is 0 Å². The summed E-state index contributed by atoms with van der Waals surface area (Å²) in [5.41, 5.74) is 10.0. The van der Waals surface area contributed by atoms with Gasteiger partial charge in [0.15, 0.2) is 17.5 Å². The molecule has 0 aliphatic heterocycles. The van der Waals surface area contributed by atoms with Gasteiger partial charge < -0.3 is 8.98 Å². The molecule has 3 aromatic heterocycles. The van der Waals surface area contributed by atoms with Gasteiger partial charge in [-0.25, -0.2) is 15.0 Å². The van der Waals surface area contributed by atoms with E-state index >= 15 is 0 Å². The van der Waals surface area contributed by atoms with E-state index in [1.54, 1.807) is 0 Å². The largest absolute Gasteiger partial charge is 0.456 e. The zero-order valence-electron chi connectivity index (χ0n) is 33.3. The molecule has 0 atom stereocenters. The molecular formula is C57H34N4O. The van der Waals surface area contributed by atoms with Gasteiger partial charge in [-0.15, -0.1) is 0 Å². The lowest BCUT2D eigenvalue weighted by atomic mass is 9.90. The lowest BCUT2D eigenvalue weighted by Crippen LogP contribution is -2.00. The van der Waals surface area contributed by atoms with Gasteiger partial charge in [0.05, 0.1) is 16.7 Å². The van der Waals surface area contributed by atoms with Crippen LogP contribution in [0.5, 0.6) is 0 Å². The fraction of sp³-hybridized carbons (Fsp3) is 0. The van der Waals surface area contributed by atoms with Crippen LogP contribution < -0.4 is 0 Å². The molecule has 5 heteroatoms. The van der Waals surface area contributed by atoms with Gasteiger partial charge in [-0.1, -0.05) is 164 Å². The zero-order chi connectivity index (χ0) is 40.7. The highest BCUT2D eigenvalue weighted by Crippen LogP contribution is 2.43. The number of benzene rings is 10. The molecule has 3 heterocycles. The van der Waals surface area contributed by atoms with Crippen LogP contribution in [-0.2, 0) is 0 Å². The minimum absolute atomic E-state index is 0.586. The summed E-state index contributed by atoms with van der Waals surface area (Å²) < 4.78 is 8.73. The van der Waals surface area contributed by atoms with E-state index in [0.717, 1.165) is 55.4 Å². The van der Waals surface area contributed by atoms with E-state index in [4.69, 9.17) is 19.4 Å². The van der Waals surface area contributed by atoms with Crippen molar-refractivity contribution in [1.82, 2.24) is 19.5 Å². The molecule has 0 N–H and O–H groups in total. The van der Waals surface area contributed by atoms with Gasteiger partial charge in [-0.05, 0) is 80.3 Å². The summed E-state index contributed by atoms with van der Waals surface area (Å²) in [5.74, 6) is 1.80. The fourth-order valence-electron chi connectivity index (χ4n) is 9.55. The molecule has 0 radical (unpaired) electrons. The molecule has 0 unspecified atom stereocenters. The van der Waals surface area contributed by atoms with Crippen LogP contribution in [0.15, 0.2) is 211 Å². The number of furan rings is 1. The summed E-state index contributed by atoms with van der Waals surface area (Å²) in [6.45, 7) is 0. The molecule has 5 nitrogen and oxygen atoms in total. The molecule has 0 saturated heterocycles. The van der Waals surface area contributed by atoms with Crippen LogP contribution in [0, 0.1) is 0 Å². The molecule has 13 aromatic rings. The standard InChI is InChI=1S/C57H34N4O/c1-2-14-36(15-3-1)55-58-56(60-57(59-55)38-30-31-46-45-22-10-13-25-53(45)62-54(46)32-38)37-28-26-35(27-29-37)47-33-48-41-18-6-4-16-39(41)40-17-5-7-19-42(40)49(48)34-52(47)61-50-23-11-8-20-43(50)44-21-9-12-24-51(44)61/h1-34H. The van der Waals surface area contributed by atoms with Crippen molar-refractivity contribution in [3.05, 3.63) is 206 Å². The maximum absolute atomic E-state index is 6.28. The van der Waals surface area contributed by atoms with E-state index in [1.165, 1.54) is 54.1 Å². The highest BCUT2D eigenvalue weighted by Gasteiger charge is 2.20. The molecule has 0 fully saturated rings. The second kappa shape index (κ2) is 13.6. The first-order chi connectivity index (χ1) is 30.7. The fourth-order valence-corrected chi connectivity index (χ4v) is 9.55. The highest BCUT2D eigenvalue weighted by atomic mass is 16.3. The van der Waals surface area contributed by atoms with Gasteiger partial charge in [0.2, 0.25) is 0 Å². The molecule has 0 saturated carbocycles. The Hall–Kier alpha value is -8.41. The first-order valence-corrected chi connectivity index (χ1v) is 20.9. The van der Waals surface area contributed by atoms with E-state index in [-0.39, 0.29) is 0 Å². The van der Waals surface area contributed by atoms with Gasteiger partial charge >= 0.3 is 0 Å². The third-order valence-corrected chi connectivity index (χ3v) is 12.4. The third-order valence-electron chi connectivity index (χ3n) is 12.4. The monoisotopic (exact) mass is 790 g/mol. The SMILES string of the molecule is c1ccc(-c2nc(-c3ccc(-c4cc5c6ccccc6c6ccccc6c5cc4-n4c5ccccc5c5ccccc54)cc3)nc(-c3ccc4c(c3)oc3ccccc34)n2)cc1. The summed E-state index contributed by atoms with van der Waals surface area (Å²) in [5, 5.41) is 12.0. The molecule has 0 amide bonds. The van der Waals surface area contributed by atoms with Gasteiger partial charge in [0.25, 0.3) is 0 Å². The van der Waals surface area contributed by atoms with Crippen LogP contribution in [0.2, 0.25) is 0 Å². The number of fused-ring (bicyclic) bond motifs is 12. The molecule has 10 aromatic carbocycles. The van der Waals surface area contributed by atoms with E-state index in [0.29, 0.717) is 17.5 Å². The minimum atomic E-state index is 0.586. The van der Waals surface area contributed by atoms with E-state index in [9.17, 15) is 0 Å². The van der Waals surface area contributed by atoms with Crippen molar-refractivity contribution in [3.8, 4) is 51.0 Å². The van der Waals surface area contributed by atoms with Crippen molar-refractivity contribution >= 4 is 76.1 Å². The summed E-state index contributed by atoms with van der Waals surface area (Å²) in [4.78, 5) is 15.2. The second-order valence-electron chi connectivity index (χ2n) is 15.9. The number of nitrogens with zero attached hydrogens (tertiary/aromatic N) is 4. The molecule has 13 rings (SSSR count). The first kappa shape index (κ1) is 34.5. The molecule has 0 aliphatic carbocycles. The Labute approximate surface area is 355 Å². The predicted octanol–water partition coefficient (Wildman–Crippen LogP) is 15.0. The quantitative estimate of drug-likeness (QED) is 0.163. The third kappa shape index (κ3) is 5.32. The Bertz CT molecular complexity index is 3870. The van der Waals surface area contributed by atoms with Crippen molar-refractivity contribution in [1.29, 1.82) is 0 Å². The molecule has 0 spiro atoms. The zero-order valence-corrected chi connectivity index (χ0v) is 33.3. The Morgan fingerprint density at radius 2 is 0.726 bits per heavy atom. The van der Waals surface area contributed by atoms with E-state index < -0.39 is 0 Å². The van der Waals surface area contributed by atoms with Gasteiger partial charge in [-0.2, -0.15) is 0 Å². The van der Waals surface area contributed by atoms with Gasteiger partial charge in [0.1, 0.15) is 11.2 Å². The van der Waals surface area contributed by atoms with Crippen LogP contribution >= 0.6 is 0 Å². The van der Waals surface area contributed by atoms with Crippen molar-refractivity contribution in [2.45, 2.75) is 0 Å². The predicted molar refractivity (Wildman–Crippen MR) is 256 cm³/mol. The lowest BCUT2D eigenvalue weighted by molar-refractivity contribution is 0.669. The number of hydrogen-bond donors (Lipinski definition) is 0. The Kier molecular flexibility index (Phi) is 7.54.